The van der Waals surface area contributed by atoms with Crippen LogP contribution in [0.15, 0.2) is 40.9 Å². The van der Waals surface area contributed by atoms with Gasteiger partial charge in [-0.3, -0.25) is 10.8 Å². The standard InChI is InChI=1S/C17H18BrN5O3/c18-12-5-4-11(13(8-12)17(24)25)9-26-7-6-23(10-19)16(21)14-2-1-3-15(20)22-14/h1-5,8,10,19,21H,6-7,9H2,(H2,20,22)(H,24,25). The molecule has 136 valence electrons. The molecule has 0 bridgehead atoms. The molecule has 0 saturated carbocycles. The van der Waals surface area contributed by atoms with Crippen LogP contribution in [0, 0.1) is 10.8 Å². The summed E-state index contributed by atoms with van der Waals surface area (Å²) in [5.41, 5.74) is 6.69. The Hall–Kier alpha value is -2.78. The second-order valence-electron chi connectivity index (χ2n) is 5.28. The largest absolute Gasteiger partial charge is 0.478 e. The maximum atomic E-state index is 11.3. The maximum Gasteiger partial charge on any atom is 0.336 e. The molecule has 1 aromatic heterocycles. The molecule has 5 N–H and O–H groups in total. The first-order valence-electron chi connectivity index (χ1n) is 7.60. The van der Waals surface area contributed by atoms with Gasteiger partial charge < -0.3 is 20.5 Å². The number of halogens is 1. The van der Waals surface area contributed by atoms with E-state index in [2.05, 4.69) is 20.9 Å². The molecule has 0 aliphatic rings. The van der Waals surface area contributed by atoms with Crippen LogP contribution in [0.3, 0.4) is 0 Å². The van der Waals surface area contributed by atoms with E-state index in [-0.39, 0.29) is 31.2 Å². The molecule has 2 aromatic rings. The quantitative estimate of drug-likeness (QED) is 0.294. The van der Waals surface area contributed by atoms with E-state index in [1.54, 1.807) is 30.3 Å². The molecule has 0 radical (unpaired) electrons. The minimum absolute atomic E-state index is 0.0331. The number of hydrogen-bond donors (Lipinski definition) is 4. The summed E-state index contributed by atoms with van der Waals surface area (Å²) in [5.74, 6) is -0.698. The number of nitrogens with zero attached hydrogens (tertiary/aromatic N) is 2. The number of pyridine rings is 1. The smallest absolute Gasteiger partial charge is 0.336 e. The van der Waals surface area contributed by atoms with Crippen molar-refractivity contribution in [2.45, 2.75) is 6.61 Å². The first kappa shape index (κ1) is 19.5. The normalized spacial score (nSPS) is 10.3. The Morgan fingerprint density at radius 1 is 1.38 bits per heavy atom. The number of nitrogens with two attached hydrogens (primary N) is 1. The van der Waals surface area contributed by atoms with Gasteiger partial charge in [0, 0.05) is 11.0 Å². The number of amidine groups is 1. The molecule has 2 rings (SSSR count). The zero-order chi connectivity index (χ0) is 19.1. The minimum Gasteiger partial charge on any atom is -0.478 e. The van der Waals surface area contributed by atoms with Gasteiger partial charge in [-0.1, -0.05) is 28.1 Å². The van der Waals surface area contributed by atoms with Crippen LogP contribution in [-0.4, -0.2) is 46.3 Å². The van der Waals surface area contributed by atoms with Gasteiger partial charge in [0.2, 0.25) is 0 Å². The second kappa shape index (κ2) is 9.07. The number of carboxylic acids is 1. The van der Waals surface area contributed by atoms with Crippen molar-refractivity contribution in [3.05, 3.63) is 57.7 Å². The molecule has 9 heteroatoms. The molecule has 0 fully saturated rings. The van der Waals surface area contributed by atoms with Crippen LogP contribution >= 0.6 is 15.9 Å². The summed E-state index contributed by atoms with van der Waals surface area (Å²) in [6, 6.07) is 9.89. The molecule has 0 aliphatic heterocycles. The Labute approximate surface area is 158 Å². The molecule has 8 nitrogen and oxygen atoms in total. The Kier molecular flexibility index (Phi) is 6.81. The summed E-state index contributed by atoms with van der Waals surface area (Å²) in [7, 11) is 0. The fraction of sp³-hybridized carbons (Fsp3) is 0.176. The first-order valence-corrected chi connectivity index (χ1v) is 8.40. The molecule has 1 heterocycles. The molecular formula is C17H18BrN5O3. The van der Waals surface area contributed by atoms with Crippen molar-refractivity contribution in [3.63, 3.8) is 0 Å². The molecule has 1 aromatic carbocycles. The summed E-state index contributed by atoms with van der Waals surface area (Å²) in [6.45, 7) is 0.567. The van der Waals surface area contributed by atoms with Gasteiger partial charge in [-0.05, 0) is 29.8 Å². The lowest BCUT2D eigenvalue weighted by Crippen LogP contribution is -2.33. The molecule has 0 atom stereocenters. The number of aromatic nitrogens is 1. The van der Waals surface area contributed by atoms with E-state index in [0.717, 1.165) is 6.34 Å². The van der Waals surface area contributed by atoms with Gasteiger partial charge in [-0.25, -0.2) is 9.78 Å². The fourth-order valence-electron chi connectivity index (χ4n) is 2.19. The van der Waals surface area contributed by atoms with Crippen LogP contribution < -0.4 is 5.73 Å². The van der Waals surface area contributed by atoms with E-state index in [0.29, 0.717) is 21.5 Å². The van der Waals surface area contributed by atoms with Crippen molar-refractivity contribution < 1.29 is 14.6 Å². The van der Waals surface area contributed by atoms with Gasteiger partial charge in [-0.2, -0.15) is 0 Å². The van der Waals surface area contributed by atoms with Crippen molar-refractivity contribution >= 4 is 39.9 Å². The highest BCUT2D eigenvalue weighted by Crippen LogP contribution is 2.17. The molecule has 0 aliphatic carbocycles. The van der Waals surface area contributed by atoms with E-state index in [1.165, 1.54) is 11.0 Å². The van der Waals surface area contributed by atoms with Gasteiger partial charge >= 0.3 is 5.97 Å². The number of benzene rings is 1. The van der Waals surface area contributed by atoms with E-state index in [4.69, 9.17) is 21.3 Å². The van der Waals surface area contributed by atoms with E-state index < -0.39 is 5.97 Å². The average molecular weight is 420 g/mol. The number of rotatable bonds is 8. The highest BCUT2D eigenvalue weighted by atomic mass is 79.9. The van der Waals surface area contributed by atoms with Gasteiger partial charge in [-0.15, -0.1) is 0 Å². The van der Waals surface area contributed by atoms with Crippen LogP contribution in [0.5, 0.6) is 0 Å². The molecule has 0 saturated heterocycles. The fourth-order valence-corrected chi connectivity index (χ4v) is 2.55. The number of hydrogen-bond acceptors (Lipinski definition) is 6. The number of aromatic carboxylic acids is 1. The number of carboxylic acid groups (broad SMARTS) is 1. The number of ether oxygens (including phenoxy) is 1. The van der Waals surface area contributed by atoms with Crippen LogP contribution in [0.1, 0.15) is 21.6 Å². The number of nitrogen functional groups attached to an aromatic ring is 1. The monoisotopic (exact) mass is 419 g/mol. The number of anilines is 1. The molecule has 0 amide bonds. The minimum atomic E-state index is -1.03. The van der Waals surface area contributed by atoms with Crippen LogP contribution in [0.2, 0.25) is 0 Å². The highest BCUT2D eigenvalue weighted by Gasteiger charge is 2.13. The summed E-state index contributed by atoms with van der Waals surface area (Å²) in [5, 5.41) is 24.8. The predicted octanol–water partition coefficient (Wildman–Crippen LogP) is 2.58. The Bertz CT molecular complexity index is 828. The zero-order valence-corrected chi connectivity index (χ0v) is 15.4. The molecule has 0 unspecified atom stereocenters. The van der Waals surface area contributed by atoms with Crippen molar-refractivity contribution in [2.75, 3.05) is 18.9 Å². The average Bonchev–Trinajstić information content (AvgIpc) is 2.62. The Morgan fingerprint density at radius 3 is 2.81 bits per heavy atom. The van der Waals surface area contributed by atoms with Gasteiger partial charge in [0.1, 0.15) is 11.5 Å². The zero-order valence-electron chi connectivity index (χ0n) is 13.8. The molecule has 0 spiro atoms. The van der Waals surface area contributed by atoms with Gasteiger partial charge in [0.25, 0.3) is 0 Å². The Balaban J connectivity index is 1.93. The lowest BCUT2D eigenvalue weighted by molar-refractivity contribution is 0.0686. The highest BCUT2D eigenvalue weighted by molar-refractivity contribution is 9.10. The van der Waals surface area contributed by atoms with Crippen molar-refractivity contribution in [1.82, 2.24) is 9.88 Å². The van der Waals surface area contributed by atoms with Crippen LogP contribution in [0.25, 0.3) is 0 Å². The topological polar surface area (TPSA) is 136 Å². The third kappa shape index (κ3) is 5.11. The van der Waals surface area contributed by atoms with Crippen molar-refractivity contribution in [3.8, 4) is 0 Å². The van der Waals surface area contributed by atoms with Crippen molar-refractivity contribution in [2.24, 2.45) is 0 Å². The first-order chi connectivity index (χ1) is 12.4. The number of nitrogens with one attached hydrogen (secondary N) is 2. The van der Waals surface area contributed by atoms with Crippen LogP contribution in [-0.2, 0) is 11.3 Å². The van der Waals surface area contributed by atoms with Gasteiger partial charge in [0.15, 0.2) is 5.84 Å². The maximum absolute atomic E-state index is 11.3. The van der Waals surface area contributed by atoms with E-state index in [1.807, 2.05) is 0 Å². The van der Waals surface area contributed by atoms with E-state index in [9.17, 15) is 9.90 Å². The lowest BCUT2D eigenvalue weighted by atomic mass is 10.1. The third-order valence-electron chi connectivity index (χ3n) is 3.49. The third-order valence-corrected chi connectivity index (χ3v) is 3.99. The molecule has 26 heavy (non-hydrogen) atoms. The predicted molar refractivity (Wildman–Crippen MR) is 102 cm³/mol. The summed E-state index contributed by atoms with van der Waals surface area (Å²) in [6.07, 6.45) is 1.01. The van der Waals surface area contributed by atoms with Crippen LogP contribution in [0.4, 0.5) is 5.82 Å². The summed E-state index contributed by atoms with van der Waals surface area (Å²) >= 11 is 3.24. The van der Waals surface area contributed by atoms with Gasteiger partial charge in [0.05, 0.1) is 25.1 Å². The van der Waals surface area contributed by atoms with Crippen molar-refractivity contribution in [1.29, 1.82) is 10.8 Å². The summed E-state index contributed by atoms with van der Waals surface area (Å²) in [4.78, 5) is 16.7. The second-order valence-corrected chi connectivity index (χ2v) is 6.19. The van der Waals surface area contributed by atoms with E-state index >= 15 is 0 Å². The summed E-state index contributed by atoms with van der Waals surface area (Å²) < 4.78 is 6.20. The molecular weight excluding hydrogens is 402 g/mol. The number of carbonyl (C=O) groups is 1. The Morgan fingerprint density at radius 2 is 2.15 bits per heavy atom. The lowest BCUT2D eigenvalue weighted by Gasteiger charge is -2.19. The SMILES string of the molecule is N=CN(CCOCc1ccc(Br)cc1C(=O)O)C(=N)c1cccc(N)n1.